The fraction of sp³-hybridized carbons (Fsp3) is 0. The summed E-state index contributed by atoms with van der Waals surface area (Å²) in [4.78, 5) is 0. The molecule has 0 saturated heterocycles. The Balaban J connectivity index is 2.31. The van der Waals surface area contributed by atoms with Crippen molar-refractivity contribution in [3.63, 3.8) is 0 Å². The summed E-state index contributed by atoms with van der Waals surface area (Å²) in [6.45, 7) is 0. The first kappa shape index (κ1) is 15.6. The van der Waals surface area contributed by atoms with Gasteiger partial charge >= 0.3 is 0 Å². The molecule has 0 bridgehead atoms. The largest absolute Gasteiger partial charge is 0.192 e. The number of benzene rings is 5. The number of nitrogens with zero attached hydrogens (tertiary/aromatic N) is 4. The molecule has 5 aromatic carbocycles. The van der Waals surface area contributed by atoms with Gasteiger partial charge in [-0.05, 0) is 29.0 Å². The maximum atomic E-state index is 9.82. The first-order valence-corrected chi connectivity index (χ1v) is 8.54. The highest BCUT2D eigenvalue weighted by atomic mass is 14.3. The van der Waals surface area contributed by atoms with Crippen molar-refractivity contribution in [2.24, 2.45) is 0 Å². The SMILES string of the molecule is N#Cc1ccc2c3cccc4c(C#N)cc(C#N)c(c5c(C#N)ccc1c25)c43. The van der Waals surface area contributed by atoms with Crippen LogP contribution in [0, 0.1) is 45.3 Å². The van der Waals surface area contributed by atoms with E-state index in [2.05, 4.69) is 24.3 Å². The van der Waals surface area contributed by atoms with Gasteiger partial charge in [0.25, 0.3) is 0 Å². The van der Waals surface area contributed by atoms with Crippen LogP contribution in [0.15, 0.2) is 48.5 Å². The quantitative estimate of drug-likeness (QED) is 0.282. The smallest absolute Gasteiger partial charge is 0.0998 e. The van der Waals surface area contributed by atoms with E-state index in [1.165, 1.54) is 0 Å². The van der Waals surface area contributed by atoms with E-state index in [9.17, 15) is 21.0 Å². The third-order valence-corrected chi connectivity index (χ3v) is 5.37. The molecular formula is C24H8N4. The molecule has 0 unspecified atom stereocenters. The summed E-state index contributed by atoms with van der Waals surface area (Å²) >= 11 is 0. The van der Waals surface area contributed by atoms with Crippen molar-refractivity contribution in [1.82, 2.24) is 0 Å². The third-order valence-electron chi connectivity index (χ3n) is 5.37. The minimum absolute atomic E-state index is 0.355. The Hall–Kier alpha value is -4.64. The monoisotopic (exact) mass is 352 g/mol. The molecule has 0 fully saturated rings. The maximum absolute atomic E-state index is 9.82. The third kappa shape index (κ3) is 1.74. The number of hydrogen-bond donors (Lipinski definition) is 0. The van der Waals surface area contributed by atoms with E-state index in [0.717, 1.165) is 32.3 Å². The highest BCUT2D eigenvalue weighted by Crippen LogP contribution is 2.44. The average Bonchev–Trinajstić information content (AvgIpc) is 2.76. The van der Waals surface area contributed by atoms with E-state index >= 15 is 0 Å². The molecule has 0 aliphatic rings. The minimum atomic E-state index is 0.355. The molecular weight excluding hydrogens is 344 g/mol. The van der Waals surface area contributed by atoms with Crippen LogP contribution in [0.5, 0.6) is 0 Å². The van der Waals surface area contributed by atoms with Gasteiger partial charge < -0.3 is 0 Å². The molecule has 0 spiro atoms. The van der Waals surface area contributed by atoms with E-state index in [1.807, 2.05) is 24.3 Å². The second-order valence-corrected chi connectivity index (χ2v) is 6.59. The predicted molar refractivity (Wildman–Crippen MR) is 107 cm³/mol. The number of nitriles is 4. The van der Waals surface area contributed by atoms with Crippen molar-refractivity contribution in [3.8, 4) is 24.3 Å². The second-order valence-electron chi connectivity index (χ2n) is 6.59. The zero-order chi connectivity index (χ0) is 19.4. The molecule has 0 aliphatic heterocycles. The van der Waals surface area contributed by atoms with E-state index in [-0.39, 0.29) is 0 Å². The van der Waals surface area contributed by atoms with Crippen LogP contribution in [-0.2, 0) is 0 Å². The molecule has 28 heavy (non-hydrogen) atoms. The van der Waals surface area contributed by atoms with Crippen molar-refractivity contribution < 1.29 is 0 Å². The van der Waals surface area contributed by atoms with E-state index in [4.69, 9.17) is 0 Å². The van der Waals surface area contributed by atoms with Gasteiger partial charge in [-0.1, -0.05) is 30.3 Å². The van der Waals surface area contributed by atoms with Gasteiger partial charge in [-0.15, -0.1) is 0 Å². The summed E-state index contributed by atoms with van der Waals surface area (Å²) in [5.74, 6) is 0. The summed E-state index contributed by atoms with van der Waals surface area (Å²) in [7, 11) is 0. The molecule has 0 aliphatic carbocycles. The van der Waals surface area contributed by atoms with Crippen molar-refractivity contribution in [2.45, 2.75) is 0 Å². The van der Waals surface area contributed by atoms with Gasteiger partial charge in [-0.3, -0.25) is 0 Å². The first-order chi connectivity index (χ1) is 13.7. The highest BCUT2D eigenvalue weighted by molar-refractivity contribution is 6.35. The van der Waals surface area contributed by atoms with Gasteiger partial charge in [0.1, 0.15) is 0 Å². The Morgan fingerprint density at radius 1 is 0.429 bits per heavy atom. The maximum Gasteiger partial charge on any atom is 0.0998 e. The Morgan fingerprint density at radius 3 is 1.61 bits per heavy atom. The van der Waals surface area contributed by atoms with Gasteiger partial charge in [0.15, 0.2) is 0 Å². The molecule has 4 nitrogen and oxygen atoms in total. The van der Waals surface area contributed by atoms with Crippen molar-refractivity contribution in [2.75, 3.05) is 0 Å². The molecule has 4 heteroatoms. The normalized spacial score (nSPS) is 10.7. The molecule has 0 radical (unpaired) electrons. The molecule has 0 atom stereocenters. The molecule has 0 N–H and O–H groups in total. The van der Waals surface area contributed by atoms with Gasteiger partial charge in [0, 0.05) is 32.3 Å². The lowest BCUT2D eigenvalue weighted by atomic mass is 9.84. The van der Waals surface area contributed by atoms with Crippen LogP contribution >= 0.6 is 0 Å². The fourth-order valence-corrected chi connectivity index (χ4v) is 4.26. The van der Waals surface area contributed by atoms with E-state index in [0.29, 0.717) is 33.0 Å². The summed E-state index contributed by atoms with van der Waals surface area (Å²) < 4.78 is 0. The summed E-state index contributed by atoms with van der Waals surface area (Å²) in [6, 6.07) is 23.3. The van der Waals surface area contributed by atoms with Gasteiger partial charge in [0.2, 0.25) is 0 Å². The summed E-state index contributed by atoms with van der Waals surface area (Å²) in [6.07, 6.45) is 0. The number of fused-ring (bicyclic) bond motifs is 2. The zero-order valence-electron chi connectivity index (χ0n) is 14.4. The molecule has 0 heterocycles. The first-order valence-electron chi connectivity index (χ1n) is 8.54. The lowest BCUT2D eigenvalue weighted by Gasteiger charge is -2.17. The topological polar surface area (TPSA) is 95.2 Å². The van der Waals surface area contributed by atoms with Gasteiger partial charge in [-0.2, -0.15) is 21.0 Å². The van der Waals surface area contributed by atoms with Crippen LogP contribution in [0.4, 0.5) is 0 Å². The second kappa shape index (κ2) is 5.43. The molecule has 0 amide bonds. The Bertz CT molecular complexity index is 1620. The summed E-state index contributed by atoms with van der Waals surface area (Å²) in [5.41, 5.74) is 1.75. The van der Waals surface area contributed by atoms with Crippen molar-refractivity contribution in [3.05, 3.63) is 70.8 Å². The van der Waals surface area contributed by atoms with Crippen LogP contribution in [0.25, 0.3) is 43.1 Å². The molecule has 124 valence electrons. The average molecular weight is 352 g/mol. The zero-order valence-corrected chi connectivity index (χ0v) is 14.4. The number of hydrogen-bond acceptors (Lipinski definition) is 4. The highest BCUT2D eigenvalue weighted by Gasteiger charge is 2.21. The van der Waals surface area contributed by atoms with Crippen molar-refractivity contribution >= 4 is 43.1 Å². The Morgan fingerprint density at radius 2 is 0.929 bits per heavy atom. The fourth-order valence-electron chi connectivity index (χ4n) is 4.26. The van der Waals surface area contributed by atoms with Crippen LogP contribution < -0.4 is 0 Å². The Kier molecular flexibility index (Phi) is 3.02. The standard InChI is InChI=1S/C24H8N4/c25-9-13-4-7-20-19-3-1-2-17-15(11-27)8-16(12-28)22(23(17)19)21-14(10-26)5-6-18(13)24(20)21/h1-8H. The molecule has 0 saturated carbocycles. The van der Waals surface area contributed by atoms with Crippen LogP contribution in [0.3, 0.4) is 0 Å². The van der Waals surface area contributed by atoms with Gasteiger partial charge in [-0.25, -0.2) is 0 Å². The Labute approximate surface area is 159 Å². The van der Waals surface area contributed by atoms with E-state index < -0.39 is 0 Å². The van der Waals surface area contributed by atoms with Crippen LogP contribution in [-0.4, -0.2) is 0 Å². The minimum Gasteiger partial charge on any atom is -0.192 e. The summed E-state index contributed by atoms with van der Waals surface area (Å²) in [5, 5.41) is 45.0. The number of rotatable bonds is 0. The van der Waals surface area contributed by atoms with Crippen LogP contribution in [0.2, 0.25) is 0 Å². The predicted octanol–water partition coefficient (Wildman–Crippen LogP) is 5.22. The lowest BCUT2D eigenvalue weighted by molar-refractivity contribution is 1.48. The lowest BCUT2D eigenvalue weighted by Crippen LogP contribution is -1.95. The molecule has 0 aromatic heterocycles. The van der Waals surface area contributed by atoms with Gasteiger partial charge in [0.05, 0.1) is 46.5 Å². The van der Waals surface area contributed by atoms with E-state index in [1.54, 1.807) is 24.3 Å². The van der Waals surface area contributed by atoms with Crippen molar-refractivity contribution in [1.29, 1.82) is 21.0 Å². The van der Waals surface area contributed by atoms with Crippen LogP contribution in [0.1, 0.15) is 22.3 Å². The molecule has 5 rings (SSSR count). The molecule has 5 aromatic rings.